The molecule has 0 saturated heterocycles. The summed E-state index contributed by atoms with van der Waals surface area (Å²) in [5, 5.41) is 8.76. The first-order chi connectivity index (χ1) is 8.83. The fraction of sp³-hybridized carbons (Fsp3) is 0.143. The van der Waals surface area contributed by atoms with Gasteiger partial charge in [-0.2, -0.15) is 5.26 Å². The Morgan fingerprint density at radius 2 is 2.00 bits per heavy atom. The quantitative estimate of drug-likeness (QED) is 0.889. The zero-order chi connectivity index (χ0) is 12.8. The number of hydrogen-bond donors (Lipinski definition) is 1. The Morgan fingerprint density at radius 3 is 2.67 bits per heavy atom. The number of benzene rings is 1. The molecular weight excluding hydrogens is 224 g/mol. The molecule has 2 N–H and O–H groups in total. The number of anilines is 3. The standard InChI is InChI=1S/C14H14N4/c15-8-4-10-18(12-5-2-1-3-6-12)14-7-9-17-11-13(14)16/h1-3,5-7,9,11H,4,10,16H2. The first-order valence-electron chi connectivity index (χ1n) is 5.72. The molecule has 0 amide bonds. The normalized spacial score (nSPS) is 9.72. The molecule has 0 spiro atoms. The molecule has 0 saturated carbocycles. The van der Waals surface area contributed by atoms with E-state index in [4.69, 9.17) is 11.0 Å². The SMILES string of the molecule is N#CCCN(c1ccccc1)c1ccncc1N. The second-order valence-electron chi connectivity index (χ2n) is 3.83. The number of nitriles is 1. The largest absolute Gasteiger partial charge is 0.396 e. The molecule has 0 unspecified atom stereocenters. The fourth-order valence-corrected chi connectivity index (χ4v) is 1.80. The Balaban J connectivity index is 2.38. The molecule has 0 fully saturated rings. The molecule has 90 valence electrons. The predicted octanol–water partition coefficient (Wildman–Crippen LogP) is 2.72. The van der Waals surface area contributed by atoms with Gasteiger partial charge in [0.2, 0.25) is 0 Å². The summed E-state index contributed by atoms with van der Waals surface area (Å²) >= 11 is 0. The number of pyridine rings is 1. The maximum absolute atomic E-state index is 8.76. The molecule has 2 rings (SSSR count). The van der Waals surface area contributed by atoms with Crippen LogP contribution in [0.5, 0.6) is 0 Å². The summed E-state index contributed by atoms with van der Waals surface area (Å²) in [4.78, 5) is 6.01. The van der Waals surface area contributed by atoms with E-state index in [2.05, 4.69) is 11.1 Å². The summed E-state index contributed by atoms with van der Waals surface area (Å²) in [7, 11) is 0. The zero-order valence-corrected chi connectivity index (χ0v) is 9.95. The minimum absolute atomic E-state index is 0.441. The van der Waals surface area contributed by atoms with Crippen molar-refractivity contribution in [3.05, 3.63) is 48.8 Å². The third-order valence-electron chi connectivity index (χ3n) is 2.63. The average Bonchev–Trinajstić information content (AvgIpc) is 2.42. The van der Waals surface area contributed by atoms with Crippen LogP contribution in [0.4, 0.5) is 17.1 Å². The number of nitrogen functional groups attached to an aromatic ring is 1. The maximum Gasteiger partial charge on any atom is 0.0741 e. The van der Waals surface area contributed by atoms with E-state index in [1.807, 2.05) is 41.3 Å². The summed E-state index contributed by atoms with van der Waals surface area (Å²) in [5.41, 5.74) is 8.45. The maximum atomic E-state index is 8.76. The molecule has 0 radical (unpaired) electrons. The van der Waals surface area contributed by atoms with Crippen LogP contribution in [0.2, 0.25) is 0 Å². The van der Waals surface area contributed by atoms with Crippen molar-refractivity contribution in [2.75, 3.05) is 17.2 Å². The fourth-order valence-electron chi connectivity index (χ4n) is 1.80. The van der Waals surface area contributed by atoms with E-state index in [-0.39, 0.29) is 0 Å². The van der Waals surface area contributed by atoms with Crippen molar-refractivity contribution in [2.45, 2.75) is 6.42 Å². The average molecular weight is 238 g/mol. The van der Waals surface area contributed by atoms with Gasteiger partial charge in [0.05, 0.1) is 30.1 Å². The van der Waals surface area contributed by atoms with Crippen LogP contribution in [-0.4, -0.2) is 11.5 Å². The van der Waals surface area contributed by atoms with Gasteiger partial charge in [0.1, 0.15) is 0 Å². The van der Waals surface area contributed by atoms with Gasteiger partial charge in [-0.15, -0.1) is 0 Å². The van der Waals surface area contributed by atoms with Crippen LogP contribution in [0.1, 0.15) is 6.42 Å². The minimum Gasteiger partial charge on any atom is -0.396 e. The van der Waals surface area contributed by atoms with Gasteiger partial charge in [-0.25, -0.2) is 0 Å². The van der Waals surface area contributed by atoms with E-state index in [1.54, 1.807) is 12.4 Å². The third-order valence-corrected chi connectivity index (χ3v) is 2.63. The number of para-hydroxylation sites is 1. The van der Waals surface area contributed by atoms with Crippen LogP contribution in [0.25, 0.3) is 0 Å². The smallest absolute Gasteiger partial charge is 0.0741 e. The van der Waals surface area contributed by atoms with Crippen molar-refractivity contribution >= 4 is 17.1 Å². The Morgan fingerprint density at radius 1 is 1.22 bits per heavy atom. The van der Waals surface area contributed by atoms with Gasteiger partial charge >= 0.3 is 0 Å². The lowest BCUT2D eigenvalue weighted by Gasteiger charge is -2.25. The summed E-state index contributed by atoms with van der Waals surface area (Å²) in [6.07, 6.45) is 3.77. The first-order valence-corrected chi connectivity index (χ1v) is 5.72. The summed E-state index contributed by atoms with van der Waals surface area (Å²) < 4.78 is 0. The molecule has 0 aliphatic carbocycles. The molecule has 1 aromatic heterocycles. The van der Waals surface area contributed by atoms with E-state index in [1.165, 1.54) is 0 Å². The Labute approximate surface area is 106 Å². The van der Waals surface area contributed by atoms with Gasteiger partial charge in [0.25, 0.3) is 0 Å². The zero-order valence-electron chi connectivity index (χ0n) is 9.95. The lowest BCUT2D eigenvalue weighted by molar-refractivity contribution is 0.947. The van der Waals surface area contributed by atoms with E-state index in [9.17, 15) is 0 Å². The lowest BCUT2D eigenvalue weighted by Crippen LogP contribution is -2.19. The van der Waals surface area contributed by atoms with Crippen LogP contribution in [-0.2, 0) is 0 Å². The van der Waals surface area contributed by atoms with Gasteiger partial charge < -0.3 is 10.6 Å². The monoisotopic (exact) mass is 238 g/mol. The minimum atomic E-state index is 0.441. The number of nitrogens with two attached hydrogens (primary N) is 1. The molecule has 0 aliphatic rings. The van der Waals surface area contributed by atoms with Crippen molar-refractivity contribution in [3.63, 3.8) is 0 Å². The molecule has 1 heterocycles. The van der Waals surface area contributed by atoms with Crippen LogP contribution < -0.4 is 10.6 Å². The molecule has 1 aromatic carbocycles. The van der Waals surface area contributed by atoms with Crippen molar-refractivity contribution in [1.29, 1.82) is 5.26 Å². The summed E-state index contributed by atoms with van der Waals surface area (Å²) in [6, 6.07) is 13.9. The lowest BCUT2D eigenvalue weighted by atomic mass is 10.2. The van der Waals surface area contributed by atoms with Gasteiger partial charge in [0.15, 0.2) is 0 Å². The van der Waals surface area contributed by atoms with Crippen LogP contribution in [0.3, 0.4) is 0 Å². The van der Waals surface area contributed by atoms with Gasteiger partial charge in [0, 0.05) is 18.4 Å². The Hall–Kier alpha value is -2.54. The highest BCUT2D eigenvalue weighted by atomic mass is 15.1. The molecule has 0 atom stereocenters. The Bertz CT molecular complexity index is 545. The predicted molar refractivity (Wildman–Crippen MR) is 72.3 cm³/mol. The van der Waals surface area contributed by atoms with Gasteiger partial charge in [-0.1, -0.05) is 18.2 Å². The molecule has 0 aliphatic heterocycles. The van der Waals surface area contributed by atoms with E-state index in [0.717, 1.165) is 11.4 Å². The second kappa shape index (κ2) is 5.69. The van der Waals surface area contributed by atoms with Crippen molar-refractivity contribution in [3.8, 4) is 6.07 Å². The number of hydrogen-bond acceptors (Lipinski definition) is 4. The van der Waals surface area contributed by atoms with Gasteiger partial charge in [-0.05, 0) is 18.2 Å². The Kier molecular flexibility index (Phi) is 3.77. The van der Waals surface area contributed by atoms with Crippen LogP contribution >= 0.6 is 0 Å². The first kappa shape index (κ1) is 11.9. The molecule has 2 aromatic rings. The van der Waals surface area contributed by atoms with Crippen molar-refractivity contribution in [1.82, 2.24) is 4.98 Å². The highest BCUT2D eigenvalue weighted by molar-refractivity contribution is 5.73. The topological polar surface area (TPSA) is 65.9 Å². The van der Waals surface area contributed by atoms with Crippen molar-refractivity contribution in [2.24, 2.45) is 0 Å². The van der Waals surface area contributed by atoms with Crippen molar-refractivity contribution < 1.29 is 0 Å². The molecule has 18 heavy (non-hydrogen) atoms. The van der Waals surface area contributed by atoms with Crippen LogP contribution in [0, 0.1) is 11.3 Å². The third kappa shape index (κ3) is 2.58. The molecular formula is C14H14N4. The van der Waals surface area contributed by atoms with Crippen LogP contribution in [0.15, 0.2) is 48.8 Å². The highest BCUT2D eigenvalue weighted by Gasteiger charge is 2.11. The van der Waals surface area contributed by atoms with Gasteiger partial charge in [-0.3, -0.25) is 4.98 Å². The molecule has 0 bridgehead atoms. The highest BCUT2D eigenvalue weighted by Crippen LogP contribution is 2.29. The van der Waals surface area contributed by atoms with E-state index in [0.29, 0.717) is 18.7 Å². The van der Waals surface area contributed by atoms with E-state index < -0.39 is 0 Å². The number of rotatable bonds is 4. The molecule has 4 heteroatoms. The number of aromatic nitrogens is 1. The number of nitrogens with zero attached hydrogens (tertiary/aromatic N) is 3. The van der Waals surface area contributed by atoms with E-state index >= 15 is 0 Å². The second-order valence-corrected chi connectivity index (χ2v) is 3.83. The molecule has 4 nitrogen and oxygen atoms in total. The summed E-state index contributed by atoms with van der Waals surface area (Å²) in [6.45, 7) is 0.606. The summed E-state index contributed by atoms with van der Waals surface area (Å²) in [5.74, 6) is 0.